The molecule has 2 aromatic heterocycles. The van der Waals surface area contributed by atoms with Crippen LogP contribution in [0.25, 0.3) is 10.9 Å². The van der Waals surface area contributed by atoms with E-state index in [9.17, 15) is 13.2 Å². The number of nitrogens with one attached hydrogen (secondary N) is 1. The summed E-state index contributed by atoms with van der Waals surface area (Å²) in [6.07, 6.45) is 2.65. The normalized spacial score (nSPS) is 16.4. The summed E-state index contributed by atoms with van der Waals surface area (Å²) >= 11 is 0. The van der Waals surface area contributed by atoms with Gasteiger partial charge in [0.05, 0.1) is 24.0 Å². The minimum atomic E-state index is -3.58. The molecule has 1 N–H and O–H groups in total. The first-order valence-electron chi connectivity index (χ1n) is 10.7. The number of hydrogen-bond donors (Lipinski definition) is 1. The third-order valence-corrected chi connectivity index (χ3v) is 7.66. The second-order valence-electron chi connectivity index (χ2n) is 8.02. The Balaban J connectivity index is 1.56. The van der Waals surface area contributed by atoms with Crippen molar-refractivity contribution in [1.82, 2.24) is 19.2 Å². The van der Waals surface area contributed by atoms with Gasteiger partial charge in [0.1, 0.15) is 11.6 Å². The van der Waals surface area contributed by atoms with Crippen molar-refractivity contribution in [3.05, 3.63) is 58.3 Å². The van der Waals surface area contributed by atoms with E-state index in [0.717, 1.165) is 19.3 Å². The van der Waals surface area contributed by atoms with Gasteiger partial charge in [-0.1, -0.05) is 19.1 Å². The molecule has 0 aliphatic carbocycles. The maximum atomic E-state index is 12.7. The maximum absolute atomic E-state index is 12.7. The molecule has 3 heterocycles. The Morgan fingerprint density at radius 1 is 1.16 bits per heavy atom. The third kappa shape index (κ3) is 4.58. The molecule has 1 aliphatic rings. The smallest absolute Gasteiger partial charge is 0.276 e. The average molecular weight is 445 g/mol. The fourth-order valence-electron chi connectivity index (χ4n) is 3.87. The number of aromatic nitrogens is 2. The Bertz CT molecular complexity index is 1210. The van der Waals surface area contributed by atoms with Gasteiger partial charge in [0.15, 0.2) is 0 Å². The van der Waals surface area contributed by atoms with E-state index < -0.39 is 10.0 Å². The summed E-state index contributed by atoms with van der Waals surface area (Å²) < 4.78 is 32.7. The van der Waals surface area contributed by atoms with E-state index in [2.05, 4.69) is 28.7 Å². The summed E-state index contributed by atoms with van der Waals surface area (Å²) in [6.45, 7) is 6.09. The number of fused-ring (bicyclic) bond motifs is 1. The summed E-state index contributed by atoms with van der Waals surface area (Å²) in [5.74, 6) is 1.14. The average Bonchev–Trinajstić information content (AvgIpc) is 3.46. The third-order valence-electron chi connectivity index (χ3n) is 5.88. The van der Waals surface area contributed by atoms with E-state index in [1.807, 2.05) is 18.2 Å². The first-order valence-corrected chi connectivity index (χ1v) is 12.1. The van der Waals surface area contributed by atoms with Crippen LogP contribution in [-0.4, -0.2) is 46.7 Å². The molecule has 1 fully saturated rings. The van der Waals surface area contributed by atoms with Crippen molar-refractivity contribution in [2.75, 3.05) is 13.1 Å². The molecule has 1 atom stereocenters. The molecule has 0 bridgehead atoms. The standard InChI is InChI=1S/C22H28N4O4S/c1-3-16(2)25(15-20-23-19-9-5-4-8-18(19)22(27)24-20)14-17-10-11-21(30-17)31(28,29)26-12-6-7-13-26/h4-5,8-11,16H,3,6-7,12-15H2,1-2H3,(H,23,24,27). The van der Waals surface area contributed by atoms with Gasteiger partial charge >= 0.3 is 0 Å². The molecular formula is C22H28N4O4S. The number of furan rings is 1. The summed E-state index contributed by atoms with van der Waals surface area (Å²) in [7, 11) is -3.58. The quantitative estimate of drug-likeness (QED) is 0.573. The largest absolute Gasteiger partial charge is 0.447 e. The molecule has 8 nitrogen and oxygen atoms in total. The number of aromatic amines is 1. The molecule has 166 valence electrons. The van der Waals surface area contributed by atoms with Crippen LogP contribution < -0.4 is 5.56 Å². The zero-order valence-electron chi connectivity index (χ0n) is 17.9. The fraction of sp³-hybridized carbons (Fsp3) is 0.455. The van der Waals surface area contributed by atoms with Gasteiger partial charge in [0.25, 0.3) is 15.6 Å². The van der Waals surface area contributed by atoms with E-state index in [1.165, 1.54) is 10.4 Å². The second kappa shape index (κ2) is 8.94. The van der Waals surface area contributed by atoms with E-state index in [0.29, 0.717) is 48.7 Å². The van der Waals surface area contributed by atoms with Crippen LogP contribution in [0, 0.1) is 0 Å². The molecule has 1 aliphatic heterocycles. The Labute approximate surface area is 181 Å². The fourth-order valence-corrected chi connectivity index (χ4v) is 5.31. The van der Waals surface area contributed by atoms with Gasteiger partial charge in [-0.2, -0.15) is 4.31 Å². The highest BCUT2D eigenvalue weighted by Crippen LogP contribution is 2.24. The number of rotatable bonds is 8. The van der Waals surface area contributed by atoms with Gasteiger partial charge in [-0.3, -0.25) is 9.69 Å². The molecule has 4 rings (SSSR count). The number of sulfonamides is 1. The van der Waals surface area contributed by atoms with Crippen molar-refractivity contribution in [1.29, 1.82) is 0 Å². The van der Waals surface area contributed by atoms with Gasteiger partial charge in [-0.15, -0.1) is 0 Å². The summed E-state index contributed by atoms with van der Waals surface area (Å²) in [6, 6.07) is 10.7. The van der Waals surface area contributed by atoms with Crippen LogP contribution >= 0.6 is 0 Å². The molecule has 0 amide bonds. The highest BCUT2D eigenvalue weighted by Gasteiger charge is 2.30. The van der Waals surface area contributed by atoms with E-state index in [4.69, 9.17) is 4.42 Å². The summed E-state index contributed by atoms with van der Waals surface area (Å²) in [4.78, 5) is 22.0. The lowest BCUT2D eigenvalue weighted by molar-refractivity contribution is 0.164. The monoisotopic (exact) mass is 444 g/mol. The predicted octanol–water partition coefficient (Wildman–Crippen LogP) is 3.10. The van der Waals surface area contributed by atoms with Gasteiger partial charge < -0.3 is 9.40 Å². The van der Waals surface area contributed by atoms with Crippen LogP contribution in [0.1, 0.15) is 44.7 Å². The lowest BCUT2D eigenvalue weighted by atomic mass is 10.2. The lowest BCUT2D eigenvalue weighted by Gasteiger charge is -2.27. The molecule has 1 unspecified atom stereocenters. The Morgan fingerprint density at radius 2 is 1.90 bits per heavy atom. The van der Waals surface area contributed by atoms with Crippen LogP contribution in [0.3, 0.4) is 0 Å². The topological polar surface area (TPSA) is 99.5 Å². The zero-order valence-corrected chi connectivity index (χ0v) is 18.7. The van der Waals surface area contributed by atoms with Gasteiger partial charge in [-0.25, -0.2) is 13.4 Å². The minimum Gasteiger partial charge on any atom is -0.447 e. The van der Waals surface area contributed by atoms with Gasteiger partial charge in [0, 0.05) is 19.1 Å². The van der Waals surface area contributed by atoms with Crippen LogP contribution in [-0.2, 0) is 23.1 Å². The van der Waals surface area contributed by atoms with Crippen molar-refractivity contribution >= 4 is 20.9 Å². The first-order chi connectivity index (χ1) is 14.9. The van der Waals surface area contributed by atoms with Crippen LogP contribution in [0.15, 0.2) is 50.7 Å². The molecular weight excluding hydrogens is 416 g/mol. The molecule has 1 aromatic carbocycles. The van der Waals surface area contributed by atoms with Gasteiger partial charge in [0.2, 0.25) is 5.09 Å². The first kappa shape index (κ1) is 21.7. The Kier molecular flexibility index (Phi) is 6.27. The number of H-pyrrole nitrogens is 1. The number of para-hydroxylation sites is 1. The lowest BCUT2D eigenvalue weighted by Crippen LogP contribution is -2.33. The van der Waals surface area contributed by atoms with Crippen molar-refractivity contribution in [2.24, 2.45) is 0 Å². The zero-order chi connectivity index (χ0) is 22.0. The Hall–Kier alpha value is -2.49. The number of benzene rings is 1. The molecule has 9 heteroatoms. The molecule has 0 spiro atoms. The number of hydrogen-bond acceptors (Lipinski definition) is 6. The molecule has 31 heavy (non-hydrogen) atoms. The highest BCUT2D eigenvalue weighted by molar-refractivity contribution is 7.89. The van der Waals surface area contributed by atoms with E-state index >= 15 is 0 Å². The van der Waals surface area contributed by atoms with Crippen LogP contribution in [0.2, 0.25) is 0 Å². The summed E-state index contributed by atoms with van der Waals surface area (Å²) in [5.41, 5.74) is 0.490. The molecule has 1 saturated heterocycles. The van der Waals surface area contributed by atoms with Gasteiger partial charge in [-0.05, 0) is 50.5 Å². The van der Waals surface area contributed by atoms with E-state index in [-0.39, 0.29) is 16.7 Å². The second-order valence-corrected chi connectivity index (χ2v) is 9.89. The molecule has 0 radical (unpaired) electrons. The molecule has 3 aromatic rings. The van der Waals surface area contributed by atoms with Crippen molar-refractivity contribution in [3.8, 4) is 0 Å². The minimum absolute atomic E-state index is 0.00858. The maximum Gasteiger partial charge on any atom is 0.276 e. The highest BCUT2D eigenvalue weighted by atomic mass is 32.2. The molecule has 0 saturated carbocycles. The van der Waals surface area contributed by atoms with Crippen molar-refractivity contribution in [2.45, 2.75) is 57.3 Å². The van der Waals surface area contributed by atoms with Crippen molar-refractivity contribution in [3.63, 3.8) is 0 Å². The van der Waals surface area contributed by atoms with Crippen LogP contribution in [0.5, 0.6) is 0 Å². The number of nitrogens with zero attached hydrogens (tertiary/aromatic N) is 3. The summed E-state index contributed by atoms with van der Waals surface area (Å²) in [5, 5.41) is 0.551. The van der Waals surface area contributed by atoms with E-state index in [1.54, 1.807) is 12.1 Å². The SMILES string of the molecule is CCC(C)N(Cc1nc2ccccc2c(=O)[nH]1)Cc1ccc(S(=O)(=O)N2CCCC2)o1. The Morgan fingerprint density at radius 3 is 2.65 bits per heavy atom. The van der Waals surface area contributed by atoms with Crippen LogP contribution in [0.4, 0.5) is 0 Å². The predicted molar refractivity (Wildman–Crippen MR) is 118 cm³/mol. The van der Waals surface area contributed by atoms with Crippen molar-refractivity contribution < 1.29 is 12.8 Å².